The van der Waals surface area contributed by atoms with Crippen LogP contribution in [0.15, 0.2) is 0 Å². The Kier molecular flexibility index (Phi) is 4.16. The van der Waals surface area contributed by atoms with Crippen LogP contribution in [-0.2, 0) is 14.4 Å². The summed E-state index contributed by atoms with van der Waals surface area (Å²) >= 11 is 0. The van der Waals surface area contributed by atoms with Gasteiger partial charge in [0.2, 0.25) is 5.67 Å². The molecule has 1 heterocycles. The van der Waals surface area contributed by atoms with Gasteiger partial charge in [-0.3, -0.25) is 9.63 Å². The van der Waals surface area contributed by atoms with Gasteiger partial charge in [0.25, 0.3) is 5.91 Å². The molecule has 18 heavy (non-hydrogen) atoms. The summed E-state index contributed by atoms with van der Waals surface area (Å²) in [6.45, 7) is 4.99. The summed E-state index contributed by atoms with van der Waals surface area (Å²) in [5.74, 6) is -0.879. The van der Waals surface area contributed by atoms with Crippen molar-refractivity contribution < 1.29 is 23.6 Å². The molecule has 1 unspecified atom stereocenters. The molecular formula is C11H19FN2O4. The summed E-state index contributed by atoms with van der Waals surface area (Å²) in [4.78, 5) is 28.7. The molecule has 0 aromatic heterocycles. The second kappa shape index (κ2) is 5.09. The predicted octanol–water partition coefficient (Wildman–Crippen LogP) is 1.01. The molecular weight excluding hydrogens is 243 g/mol. The number of nitrogens with zero attached hydrogens (tertiary/aromatic N) is 1. The van der Waals surface area contributed by atoms with E-state index in [2.05, 4.69) is 4.84 Å². The van der Waals surface area contributed by atoms with Crippen molar-refractivity contribution in [3.8, 4) is 0 Å². The first-order chi connectivity index (χ1) is 8.18. The Labute approximate surface area is 105 Å². The molecule has 0 saturated carbocycles. The minimum Gasteiger partial charge on any atom is -0.444 e. The summed E-state index contributed by atoms with van der Waals surface area (Å²) in [7, 11) is 1.22. The molecule has 0 aromatic rings. The Hall–Kier alpha value is -1.37. The summed E-state index contributed by atoms with van der Waals surface area (Å²) in [5.41, 5.74) is -0.821. The molecule has 1 fully saturated rings. The van der Waals surface area contributed by atoms with Gasteiger partial charge in [0.15, 0.2) is 0 Å². The Bertz CT molecular complexity index is 342. The van der Waals surface area contributed by atoms with E-state index in [4.69, 9.17) is 4.74 Å². The molecule has 0 bridgehead atoms. The van der Waals surface area contributed by atoms with Gasteiger partial charge in [-0.25, -0.2) is 14.7 Å². The fraction of sp³-hybridized carbons (Fsp3) is 0.818. The maximum Gasteiger partial charge on any atom is 0.410 e. The fourth-order valence-corrected chi connectivity index (χ4v) is 1.62. The van der Waals surface area contributed by atoms with E-state index in [-0.39, 0.29) is 19.5 Å². The molecule has 7 heteroatoms. The normalized spacial score (nSPS) is 23.9. The van der Waals surface area contributed by atoms with E-state index in [0.717, 1.165) is 0 Å². The van der Waals surface area contributed by atoms with Crippen LogP contribution in [0, 0.1) is 0 Å². The van der Waals surface area contributed by atoms with Crippen molar-refractivity contribution in [3.63, 3.8) is 0 Å². The minimum absolute atomic E-state index is 0.0680. The minimum atomic E-state index is -2.12. The van der Waals surface area contributed by atoms with Crippen molar-refractivity contribution in [3.05, 3.63) is 0 Å². The largest absolute Gasteiger partial charge is 0.444 e. The highest BCUT2D eigenvalue weighted by molar-refractivity contribution is 5.86. The van der Waals surface area contributed by atoms with E-state index in [9.17, 15) is 14.0 Å². The van der Waals surface area contributed by atoms with E-state index in [0.29, 0.717) is 0 Å². The molecule has 0 aromatic carbocycles. The topological polar surface area (TPSA) is 67.9 Å². The summed E-state index contributed by atoms with van der Waals surface area (Å²) in [6, 6.07) is 0. The average Bonchev–Trinajstić information content (AvgIpc) is 2.60. The third kappa shape index (κ3) is 3.56. The van der Waals surface area contributed by atoms with E-state index < -0.39 is 23.3 Å². The number of amides is 2. The van der Waals surface area contributed by atoms with E-state index in [1.807, 2.05) is 5.48 Å². The number of hydrogen-bond acceptors (Lipinski definition) is 4. The van der Waals surface area contributed by atoms with Gasteiger partial charge in [0.1, 0.15) is 5.60 Å². The highest BCUT2D eigenvalue weighted by Crippen LogP contribution is 2.27. The first kappa shape index (κ1) is 14.7. The number of nitrogens with one attached hydrogen (secondary N) is 1. The summed E-state index contributed by atoms with van der Waals surface area (Å²) < 4.78 is 19.3. The van der Waals surface area contributed by atoms with Gasteiger partial charge in [-0.15, -0.1) is 0 Å². The zero-order valence-corrected chi connectivity index (χ0v) is 11.1. The Morgan fingerprint density at radius 1 is 1.39 bits per heavy atom. The standard InChI is InChI=1S/C11H19FN2O4/c1-10(2,3)18-9(16)14-6-5-11(12,7-14)8(15)13-17-4/h5-7H2,1-4H3,(H,13,15). The smallest absolute Gasteiger partial charge is 0.410 e. The first-order valence-corrected chi connectivity index (χ1v) is 5.68. The van der Waals surface area contributed by atoms with Crippen molar-refractivity contribution in [1.29, 1.82) is 0 Å². The van der Waals surface area contributed by atoms with Crippen LogP contribution >= 0.6 is 0 Å². The molecule has 1 rings (SSSR count). The van der Waals surface area contributed by atoms with Gasteiger partial charge in [-0.1, -0.05) is 0 Å². The van der Waals surface area contributed by atoms with E-state index in [1.54, 1.807) is 20.8 Å². The second-order valence-corrected chi connectivity index (χ2v) is 5.25. The second-order valence-electron chi connectivity index (χ2n) is 5.25. The molecule has 1 N–H and O–H groups in total. The number of ether oxygens (including phenoxy) is 1. The quantitative estimate of drug-likeness (QED) is 0.754. The number of hydroxylamine groups is 1. The van der Waals surface area contributed by atoms with Crippen LogP contribution < -0.4 is 5.48 Å². The Morgan fingerprint density at radius 3 is 2.50 bits per heavy atom. The van der Waals surface area contributed by atoms with Gasteiger partial charge in [0.05, 0.1) is 13.7 Å². The molecule has 0 spiro atoms. The van der Waals surface area contributed by atoms with Crippen molar-refractivity contribution in [2.45, 2.75) is 38.5 Å². The number of carbonyl (C=O) groups excluding carboxylic acids is 2. The van der Waals surface area contributed by atoms with Crippen LogP contribution in [-0.4, -0.2) is 48.4 Å². The van der Waals surface area contributed by atoms with Crippen molar-refractivity contribution >= 4 is 12.0 Å². The number of hydrogen-bond donors (Lipinski definition) is 1. The molecule has 104 valence electrons. The van der Waals surface area contributed by atoms with Gasteiger partial charge in [-0.05, 0) is 20.8 Å². The maximum absolute atomic E-state index is 14.2. The molecule has 0 radical (unpaired) electrons. The molecule has 0 aliphatic carbocycles. The number of halogens is 1. The lowest BCUT2D eigenvalue weighted by molar-refractivity contribution is -0.143. The number of carbonyl (C=O) groups is 2. The summed E-state index contributed by atoms with van der Waals surface area (Å²) in [6.07, 6.45) is -0.686. The molecule has 1 aliphatic heterocycles. The SMILES string of the molecule is CONC(=O)C1(F)CCN(C(=O)OC(C)(C)C)C1. The van der Waals surface area contributed by atoms with E-state index >= 15 is 0 Å². The van der Waals surface area contributed by atoms with Crippen LogP contribution in [0.2, 0.25) is 0 Å². The number of alkyl halides is 1. The van der Waals surface area contributed by atoms with E-state index in [1.165, 1.54) is 12.0 Å². The van der Waals surface area contributed by atoms with Gasteiger partial charge >= 0.3 is 6.09 Å². The van der Waals surface area contributed by atoms with Crippen LogP contribution in [0.25, 0.3) is 0 Å². The third-order valence-electron chi connectivity index (χ3n) is 2.47. The van der Waals surface area contributed by atoms with Crippen molar-refractivity contribution in [1.82, 2.24) is 10.4 Å². The molecule has 1 atom stereocenters. The lowest BCUT2D eigenvalue weighted by Crippen LogP contribution is -2.46. The lowest BCUT2D eigenvalue weighted by Gasteiger charge is -2.25. The first-order valence-electron chi connectivity index (χ1n) is 5.68. The van der Waals surface area contributed by atoms with Gasteiger partial charge < -0.3 is 9.64 Å². The van der Waals surface area contributed by atoms with Crippen molar-refractivity contribution in [2.75, 3.05) is 20.2 Å². The highest BCUT2D eigenvalue weighted by Gasteiger charge is 2.47. The zero-order chi connectivity index (χ0) is 14.0. The maximum atomic E-state index is 14.2. The predicted molar refractivity (Wildman–Crippen MR) is 61.4 cm³/mol. The molecule has 2 amide bonds. The zero-order valence-electron chi connectivity index (χ0n) is 11.1. The molecule has 1 aliphatic rings. The Morgan fingerprint density at radius 2 is 2.00 bits per heavy atom. The number of likely N-dealkylation sites (tertiary alicyclic amines) is 1. The van der Waals surface area contributed by atoms with Gasteiger partial charge in [-0.2, -0.15) is 0 Å². The number of rotatable bonds is 2. The van der Waals surface area contributed by atoms with Crippen LogP contribution in [0.3, 0.4) is 0 Å². The van der Waals surface area contributed by atoms with Gasteiger partial charge in [0, 0.05) is 13.0 Å². The Balaban J connectivity index is 2.60. The van der Waals surface area contributed by atoms with Crippen LogP contribution in [0.4, 0.5) is 9.18 Å². The average molecular weight is 262 g/mol. The summed E-state index contributed by atoms with van der Waals surface area (Å²) in [5, 5.41) is 0. The van der Waals surface area contributed by atoms with Crippen LogP contribution in [0.1, 0.15) is 27.2 Å². The fourth-order valence-electron chi connectivity index (χ4n) is 1.62. The van der Waals surface area contributed by atoms with Crippen LogP contribution in [0.5, 0.6) is 0 Å². The molecule has 6 nitrogen and oxygen atoms in total. The van der Waals surface area contributed by atoms with Crippen molar-refractivity contribution in [2.24, 2.45) is 0 Å². The monoisotopic (exact) mass is 262 g/mol. The lowest BCUT2D eigenvalue weighted by atomic mass is 10.1. The molecule has 1 saturated heterocycles. The highest BCUT2D eigenvalue weighted by atomic mass is 19.1. The third-order valence-corrected chi connectivity index (χ3v) is 2.47.